The monoisotopic (exact) mass is 186 g/mol. The Balaban J connectivity index is 2.23. The Hall–Kier alpha value is -0.0800. The molecule has 0 aromatic heterocycles. The fourth-order valence-corrected chi connectivity index (χ4v) is 2.34. The van der Waals surface area contributed by atoms with Crippen LogP contribution in [0.3, 0.4) is 0 Å². The zero-order valence-corrected chi connectivity index (χ0v) is 8.88. The molecule has 13 heavy (non-hydrogen) atoms. The average molecular weight is 186 g/mol. The van der Waals surface area contributed by atoms with E-state index in [1.54, 1.807) is 7.11 Å². The first-order valence-corrected chi connectivity index (χ1v) is 5.41. The van der Waals surface area contributed by atoms with E-state index >= 15 is 0 Å². The van der Waals surface area contributed by atoms with Crippen molar-refractivity contribution in [1.82, 2.24) is 0 Å². The third kappa shape index (κ3) is 3.28. The molecular weight excluding hydrogens is 164 g/mol. The first-order chi connectivity index (χ1) is 6.20. The Morgan fingerprint density at radius 1 is 1.54 bits per heavy atom. The molecular formula is C11H22O2. The minimum Gasteiger partial charge on any atom is -0.390 e. The first kappa shape index (κ1) is 11.0. The summed E-state index contributed by atoms with van der Waals surface area (Å²) in [5.41, 5.74) is -0.362. The molecule has 2 unspecified atom stereocenters. The summed E-state index contributed by atoms with van der Waals surface area (Å²) in [4.78, 5) is 0. The van der Waals surface area contributed by atoms with Crippen LogP contribution in [0.25, 0.3) is 0 Å². The summed E-state index contributed by atoms with van der Waals surface area (Å²) < 4.78 is 4.99. The lowest BCUT2D eigenvalue weighted by Crippen LogP contribution is -2.25. The third-order valence-corrected chi connectivity index (χ3v) is 3.25. The van der Waals surface area contributed by atoms with Crippen LogP contribution in [0.2, 0.25) is 0 Å². The second-order valence-corrected chi connectivity index (χ2v) is 4.34. The molecule has 1 saturated carbocycles. The molecule has 1 N–H and O–H groups in total. The van der Waals surface area contributed by atoms with Crippen LogP contribution in [0, 0.1) is 5.92 Å². The molecule has 2 heteroatoms. The fraction of sp³-hybridized carbons (Fsp3) is 1.00. The van der Waals surface area contributed by atoms with Crippen molar-refractivity contribution in [2.45, 2.75) is 51.0 Å². The second kappa shape index (κ2) is 4.97. The molecule has 0 radical (unpaired) electrons. The average Bonchev–Trinajstić information content (AvgIpc) is 2.49. The Morgan fingerprint density at radius 3 is 2.85 bits per heavy atom. The van der Waals surface area contributed by atoms with Crippen LogP contribution in [0.4, 0.5) is 0 Å². The zero-order valence-electron chi connectivity index (χ0n) is 8.88. The van der Waals surface area contributed by atoms with E-state index in [1.165, 1.54) is 12.8 Å². The van der Waals surface area contributed by atoms with E-state index in [0.717, 1.165) is 38.2 Å². The molecule has 0 aromatic carbocycles. The van der Waals surface area contributed by atoms with Gasteiger partial charge < -0.3 is 9.84 Å². The van der Waals surface area contributed by atoms with Gasteiger partial charge in [0.1, 0.15) is 0 Å². The molecule has 2 atom stereocenters. The number of ether oxygens (including phenoxy) is 1. The molecule has 2 nitrogen and oxygen atoms in total. The highest BCUT2D eigenvalue weighted by Crippen LogP contribution is 2.38. The van der Waals surface area contributed by atoms with Crippen LogP contribution in [0.5, 0.6) is 0 Å². The number of rotatable bonds is 5. The highest BCUT2D eigenvalue weighted by atomic mass is 16.5. The molecule has 0 aromatic rings. The van der Waals surface area contributed by atoms with Crippen molar-refractivity contribution >= 4 is 0 Å². The summed E-state index contributed by atoms with van der Waals surface area (Å²) in [6.45, 7) is 2.99. The molecule has 0 amide bonds. The quantitative estimate of drug-likeness (QED) is 0.668. The van der Waals surface area contributed by atoms with E-state index in [1.807, 2.05) is 0 Å². The number of hydrogen-bond acceptors (Lipinski definition) is 2. The summed E-state index contributed by atoms with van der Waals surface area (Å²) in [5, 5.41) is 10.2. The van der Waals surface area contributed by atoms with Gasteiger partial charge in [0, 0.05) is 13.7 Å². The van der Waals surface area contributed by atoms with Crippen molar-refractivity contribution in [2.24, 2.45) is 5.92 Å². The van der Waals surface area contributed by atoms with E-state index in [0.29, 0.717) is 0 Å². The van der Waals surface area contributed by atoms with Gasteiger partial charge in [-0.05, 0) is 38.0 Å². The van der Waals surface area contributed by atoms with Gasteiger partial charge in [0.15, 0.2) is 0 Å². The number of aliphatic hydroxyl groups is 1. The van der Waals surface area contributed by atoms with E-state index in [-0.39, 0.29) is 5.60 Å². The Kier molecular flexibility index (Phi) is 4.20. The second-order valence-electron chi connectivity index (χ2n) is 4.34. The predicted octanol–water partition coefficient (Wildman–Crippen LogP) is 2.35. The van der Waals surface area contributed by atoms with Crippen LogP contribution in [-0.4, -0.2) is 24.4 Å². The highest BCUT2D eigenvalue weighted by molar-refractivity contribution is 4.88. The summed E-state index contributed by atoms with van der Waals surface area (Å²) in [5.74, 6) is 0.757. The molecule has 1 aliphatic rings. The smallest absolute Gasteiger partial charge is 0.0651 e. The first-order valence-electron chi connectivity index (χ1n) is 5.41. The molecule has 0 heterocycles. The van der Waals surface area contributed by atoms with Crippen molar-refractivity contribution in [3.63, 3.8) is 0 Å². The SMILES string of the molecule is CCC1CCC(O)(CCCOC)C1. The van der Waals surface area contributed by atoms with E-state index in [9.17, 15) is 5.11 Å². The Morgan fingerprint density at radius 2 is 2.31 bits per heavy atom. The van der Waals surface area contributed by atoms with Gasteiger partial charge in [0.05, 0.1) is 5.60 Å². The molecule has 1 fully saturated rings. The maximum atomic E-state index is 10.2. The van der Waals surface area contributed by atoms with Crippen LogP contribution in [0.1, 0.15) is 45.4 Å². The highest BCUT2D eigenvalue weighted by Gasteiger charge is 2.35. The third-order valence-electron chi connectivity index (χ3n) is 3.25. The zero-order chi connectivity index (χ0) is 9.73. The van der Waals surface area contributed by atoms with Crippen LogP contribution < -0.4 is 0 Å². The standard InChI is InChI=1S/C11H22O2/c1-3-10-5-7-11(12,9-10)6-4-8-13-2/h10,12H,3-9H2,1-2H3. The summed E-state index contributed by atoms with van der Waals surface area (Å²) >= 11 is 0. The van der Waals surface area contributed by atoms with Crippen LogP contribution >= 0.6 is 0 Å². The molecule has 0 bridgehead atoms. The van der Waals surface area contributed by atoms with Crippen molar-refractivity contribution in [3.8, 4) is 0 Å². The van der Waals surface area contributed by atoms with Gasteiger partial charge in [-0.15, -0.1) is 0 Å². The molecule has 1 rings (SSSR count). The predicted molar refractivity (Wildman–Crippen MR) is 53.7 cm³/mol. The number of methoxy groups -OCH3 is 1. The van der Waals surface area contributed by atoms with Gasteiger partial charge in [0.2, 0.25) is 0 Å². The summed E-state index contributed by atoms with van der Waals surface area (Å²) in [7, 11) is 1.72. The maximum absolute atomic E-state index is 10.2. The van der Waals surface area contributed by atoms with Crippen molar-refractivity contribution in [3.05, 3.63) is 0 Å². The normalized spacial score (nSPS) is 33.9. The summed E-state index contributed by atoms with van der Waals surface area (Å²) in [6.07, 6.45) is 6.33. The Labute approximate surface area is 81.3 Å². The lowest BCUT2D eigenvalue weighted by molar-refractivity contribution is 0.0254. The van der Waals surface area contributed by atoms with Crippen LogP contribution in [-0.2, 0) is 4.74 Å². The van der Waals surface area contributed by atoms with Gasteiger partial charge in [-0.1, -0.05) is 13.3 Å². The van der Waals surface area contributed by atoms with E-state index in [4.69, 9.17) is 4.74 Å². The Bertz CT molecular complexity index is 147. The lowest BCUT2D eigenvalue weighted by Gasteiger charge is -2.22. The van der Waals surface area contributed by atoms with Crippen molar-refractivity contribution in [2.75, 3.05) is 13.7 Å². The molecule has 0 aliphatic heterocycles. The largest absolute Gasteiger partial charge is 0.390 e. The van der Waals surface area contributed by atoms with E-state index in [2.05, 4.69) is 6.92 Å². The van der Waals surface area contributed by atoms with E-state index < -0.39 is 0 Å². The summed E-state index contributed by atoms with van der Waals surface area (Å²) in [6, 6.07) is 0. The topological polar surface area (TPSA) is 29.5 Å². The minimum atomic E-state index is -0.362. The van der Waals surface area contributed by atoms with Gasteiger partial charge in [-0.2, -0.15) is 0 Å². The van der Waals surface area contributed by atoms with Gasteiger partial charge >= 0.3 is 0 Å². The van der Waals surface area contributed by atoms with Crippen LogP contribution in [0.15, 0.2) is 0 Å². The molecule has 1 aliphatic carbocycles. The van der Waals surface area contributed by atoms with Gasteiger partial charge in [-0.3, -0.25) is 0 Å². The maximum Gasteiger partial charge on any atom is 0.0651 e. The molecule has 78 valence electrons. The fourth-order valence-electron chi connectivity index (χ4n) is 2.34. The lowest BCUT2D eigenvalue weighted by atomic mass is 9.94. The minimum absolute atomic E-state index is 0.362. The van der Waals surface area contributed by atoms with Gasteiger partial charge in [0.25, 0.3) is 0 Å². The van der Waals surface area contributed by atoms with Crippen molar-refractivity contribution < 1.29 is 9.84 Å². The van der Waals surface area contributed by atoms with Gasteiger partial charge in [-0.25, -0.2) is 0 Å². The molecule has 0 spiro atoms. The molecule has 0 saturated heterocycles. The number of hydrogen-bond donors (Lipinski definition) is 1. The van der Waals surface area contributed by atoms with Crippen molar-refractivity contribution in [1.29, 1.82) is 0 Å².